The second-order valence-corrected chi connectivity index (χ2v) is 8.93. The minimum atomic E-state index is 0.840. The molecule has 1 fully saturated rings. The highest BCUT2D eigenvalue weighted by atomic mass is 15.2. The molecule has 0 saturated carbocycles. The molecular weight excluding hydrogens is 394 g/mol. The van der Waals surface area contributed by atoms with Crippen LogP contribution in [0.2, 0.25) is 0 Å². The summed E-state index contributed by atoms with van der Waals surface area (Å²) in [6.07, 6.45) is 6.99. The van der Waals surface area contributed by atoms with E-state index in [1.54, 1.807) is 0 Å². The Hall–Kier alpha value is -3.28. The van der Waals surface area contributed by atoms with Crippen molar-refractivity contribution in [3.05, 3.63) is 89.5 Å². The van der Waals surface area contributed by atoms with Gasteiger partial charge in [-0.3, -0.25) is 9.88 Å². The van der Waals surface area contributed by atoms with Crippen LogP contribution in [0.25, 0.3) is 27.7 Å². The summed E-state index contributed by atoms with van der Waals surface area (Å²) in [6.45, 7) is 5.58. The molecule has 5 heteroatoms. The quantitative estimate of drug-likeness (QED) is 0.532. The monoisotopic (exact) mass is 421 g/mol. The maximum atomic E-state index is 5.05. The van der Waals surface area contributed by atoms with E-state index in [1.165, 1.54) is 22.1 Å². The summed E-state index contributed by atoms with van der Waals surface area (Å²) in [5.41, 5.74) is 9.02. The Kier molecular flexibility index (Phi) is 4.86. The molecule has 2 aromatic carbocycles. The Morgan fingerprint density at radius 3 is 2.59 bits per heavy atom. The average molecular weight is 422 g/mol. The first-order chi connectivity index (χ1) is 15.7. The number of nitrogens with one attached hydrogen (secondary N) is 1. The molecule has 2 aromatic heterocycles. The zero-order valence-corrected chi connectivity index (χ0v) is 18.4. The van der Waals surface area contributed by atoms with Crippen LogP contribution in [0.1, 0.15) is 22.5 Å². The van der Waals surface area contributed by atoms with Gasteiger partial charge in [-0.1, -0.05) is 36.4 Å². The van der Waals surface area contributed by atoms with Crippen LogP contribution in [0.4, 0.5) is 0 Å². The van der Waals surface area contributed by atoms with Gasteiger partial charge in [-0.25, -0.2) is 4.98 Å². The van der Waals surface area contributed by atoms with Crippen LogP contribution in [-0.2, 0) is 13.0 Å². The second kappa shape index (κ2) is 8.01. The van der Waals surface area contributed by atoms with Crippen LogP contribution in [0.3, 0.4) is 0 Å². The van der Waals surface area contributed by atoms with Crippen molar-refractivity contribution in [2.24, 2.45) is 0 Å². The number of hydrogen-bond acceptors (Lipinski definition) is 4. The van der Waals surface area contributed by atoms with Crippen molar-refractivity contribution in [2.75, 3.05) is 33.2 Å². The second-order valence-electron chi connectivity index (χ2n) is 8.93. The van der Waals surface area contributed by atoms with Gasteiger partial charge in [0.05, 0.1) is 23.3 Å². The molecule has 5 nitrogen and oxygen atoms in total. The van der Waals surface area contributed by atoms with Gasteiger partial charge in [0, 0.05) is 62.0 Å². The first-order valence-corrected chi connectivity index (χ1v) is 11.4. The van der Waals surface area contributed by atoms with Gasteiger partial charge in [0.1, 0.15) is 0 Å². The first kappa shape index (κ1) is 19.4. The number of nitrogens with zero attached hydrogens (tertiary/aromatic N) is 4. The van der Waals surface area contributed by atoms with E-state index in [2.05, 4.69) is 76.4 Å². The van der Waals surface area contributed by atoms with E-state index in [4.69, 9.17) is 9.97 Å². The van der Waals surface area contributed by atoms with Crippen LogP contribution >= 0.6 is 0 Å². The third kappa shape index (κ3) is 3.64. The van der Waals surface area contributed by atoms with E-state index in [-0.39, 0.29) is 0 Å². The molecule has 4 aromatic rings. The largest absolute Gasteiger partial charge is 0.361 e. The number of fused-ring (bicyclic) bond motifs is 2. The first-order valence-electron chi connectivity index (χ1n) is 11.4. The zero-order chi connectivity index (χ0) is 21.5. The highest BCUT2D eigenvalue weighted by molar-refractivity contribution is 5.89. The smallest absolute Gasteiger partial charge is 0.0931 e. The number of aromatic amines is 1. The minimum Gasteiger partial charge on any atom is -0.361 e. The molecule has 0 radical (unpaired) electrons. The lowest BCUT2D eigenvalue weighted by molar-refractivity contribution is 0.148. The number of H-pyrrole nitrogens is 1. The Labute approximate surface area is 188 Å². The van der Waals surface area contributed by atoms with Gasteiger partial charge in [-0.05, 0) is 41.8 Å². The lowest BCUT2D eigenvalue weighted by Crippen LogP contribution is -2.43. The number of allylic oxidation sites excluding steroid dienone is 1. The van der Waals surface area contributed by atoms with Crippen molar-refractivity contribution >= 4 is 16.5 Å². The molecule has 32 heavy (non-hydrogen) atoms. The van der Waals surface area contributed by atoms with Crippen molar-refractivity contribution in [3.63, 3.8) is 0 Å². The lowest BCUT2D eigenvalue weighted by atomic mass is 10.0. The summed E-state index contributed by atoms with van der Waals surface area (Å²) >= 11 is 0. The molecule has 1 aliphatic carbocycles. The number of piperazine rings is 1. The Bertz CT molecular complexity index is 1290. The molecule has 3 heterocycles. The normalized spacial score (nSPS) is 17.0. The Morgan fingerprint density at radius 1 is 0.938 bits per heavy atom. The van der Waals surface area contributed by atoms with Gasteiger partial charge in [0.2, 0.25) is 0 Å². The number of rotatable bonds is 4. The molecule has 0 amide bonds. The maximum absolute atomic E-state index is 5.05. The van der Waals surface area contributed by atoms with Gasteiger partial charge in [-0.15, -0.1) is 0 Å². The van der Waals surface area contributed by atoms with Crippen molar-refractivity contribution in [3.8, 4) is 11.3 Å². The SMILES string of the molecule is CN1CCN(Cc2ccc(-c3cnc4c(n3)C(c3ccc5[nH]ccc5c3)=CC4)cc2)CC1. The number of benzene rings is 2. The van der Waals surface area contributed by atoms with Crippen LogP contribution in [0.5, 0.6) is 0 Å². The molecule has 160 valence electrons. The molecule has 1 N–H and O–H groups in total. The molecule has 6 rings (SSSR count). The molecule has 2 aliphatic rings. The predicted octanol–water partition coefficient (Wildman–Crippen LogP) is 4.36. The molecule has 1 saturated heterocycles. The standard InChI is InChI=1S/C27H27N5/c1-31-12-14-32(15-13-31)18-19-2-4-20(5-3-19)26-17-29-25-9-7-23(27(25)30-26)21-6-8-24-22(16-21)10-11-28-24/h2-8,10-11,16-17,28H,9,12-15,18H2,1H3. The molecule has 1 aliphatic heterocycles. The van der Waals surface area contributed by atoms with E-state index >= 15 is 0 Å². The topological polar surface area (TPSA) is 48.1 Å². The summed E-state index contributed by atoms with van der Waals surface area (Å²) in [5.74, 6) is 0. The van der Waals surface area contributed by atoms with Gasteiger partial charge in [-0.2, -0.15) is 0 Å². The van der Waals surface area contributed by atoms with E-state index in [0.717, 1.165) is 67.3 Å². The van der Waals surface area contributed by atoms with Gasteiger partial charge >= 0.3 is 0 Å². The minimum absolute atomic E-state index is 0.840. The zero-order valence-electron chi connectivity index (χ0n) is 18.4. The summed E-state index contributed by atoms with van der Waals surface area (Å²) in [5, 5.41) is 1.22. The predicted molar refractivity (Wildman–Crippen MR) is 129 cm³/mol. The van der Waals surface area contributed by atoms with Crippen LogP contribution in [0, 0.1) is 0 Å². The lowest BCUT2D eigenvalue weighted by Gasteiger charge is -2.32. The fourth-order valence-corrected chi connectivity index (χ4v) is 4.73. The van der Waals surface area contributed by atoms with E-state index in [9.17, 15) is 0 Å². The van der Waals surface area contributed by atoms with Crippen LogP contribution in [0.15, 0.2) is 67.0 Å². The molecule has 0 atom stereocenters. The number of aromatic nitrogens is 3. The van der Waals surface area contributed by atoms with E-state index in [1.807, 2.05) is 12.4 Å². The highest BCUT2D eigenvalue weighted by Crippen LogP contribution is 2.33. The summed E-state index contributed by atoms with van der Waals surface area (Å²) in [4.78, 5) is 18.0. The number of hydrogen-bond donors (Lipinski definition) is 1. The summed E-state index contributed by atoms with van der Waals surface area (Å²) in [7, 11) is 2.20. The van der Waals surface area contributed by atoms with Crippen LogP contribution < -0.4 is 0 Å². The summed E-state index contributed by atoms with van der Waals surface area (Å²) < 4.78 is 0. The third-order valence-corrected chi connectivity index (χ3v) is 6.72. The average Bonchev–Trinajstić information content (AvgIpc) is 3.47. The highest BCUT2D eigenvalue weighted by Gasteiger charge is 2.20. The number of likely N-dealkylation sites (N-methyl/N-ethyl adjacent to an activating group) is 1. The Morgan fingerprint density at radius 2 is 1.75 bits per heavy atom. The molecule has 0 unspecified atom stereocenters. The van der Waals surface area contributed by atoms with Crippen molar-refractivity contribution in [2.45, 2.75) is 13.0 Å². The maximum Gasteiger partial charge on any atom is 0.0931 e. The van der Waals surface area contributed by atoms with Gasteiger partial charge in [0.15, 0.2) is 0 Å². The van der Waals surface area contributed by atoms with Crippen molar-refractivity contribution in [1.29, 1.82) is 0 Å². The van der Waals surface area contributed by atoms with E-state index < -0.39 is 0 Å². The van der Waals surface area contributed by atoms with E-state index in [0.29, 0.717) is 0 Å². The third-order valence-electron chi connectivity index (χ3n) is 6.72. The fraction of sp³-hybridized carbons (Fsp3) is 0.259. The van der Waals surface area contributed by atoms with Gasteiger partial charge in [0.25, 0.3) is 0 Å². The molecule has 0 bridgehead atoms. The Balaban J connectivity index is 1.24. The van der Waals surface area contributed by atoms with Crippen molar-refractivity contribution in [1.82, 2.24) is 24.8 Å². The molecule has 0 spiro atoms. The fourth-order valence-electron chi connectivity index (χ4n) is 4.73. The van der Waals surface area contributed by atoms with Crippen LogP contribution in [-0.4, -0.2) is 58.0 Å². The summed E-state index contributed by atoms with van der Waals surface area (Å²) in [6, 6.07) is 17.5. The van der Waals surface area contributed by atoms with Gasteiger partial charge < -0.3 is 9.88 Å². The van der Waals surface area contributed by atoms with Crippen molar-refractivity contribution < 1.29 is 0 Å². The molecular formula is C27H27N5.